The minimum atomic E-state index is -0.796. The number of hydrogen-bond acceptors (Lipinski definition) is 4. The molecule has 1 heterocycles. The van der Waals surface area contributed by atoms with Gasteiger partial charge in [-0.1, -0.05) is 24.9 Å². The van der Waals surface area contributed by atoms with E-state index in [1.54, 1.807) is 6.92 Å². The first-order valence-corrected chi connectivity index (χ1v) is 6.63. The molecule has 0 aromatic rings. The molecule has 1 atom stereocenters. The standard InChI is InChI=1S/C14H22N2O3/c1-4-6-13(11(2)3)15-19-10-12-7-5-8-16(12)9-14(17)18/h11-12H,5,7-10H2,1-3H3,(H,17,18)/b15-13+/t12-/m1/s1. The number of hydrogen-bond donors (Lipinski definition) is 1. The summed E-state index contributed by atoms with van der Waals surface area (Å²) in [6.07, 6.45) is 1.97. The highest BCUT2D eigenvalue weighted by Crippen LogP contribution is 2.17. The number of nitrogens with zero attached hydrogens (tertiary/aromatic N) is 2. The molecule has 0 bridgehead atoms. The Balaban J connectivity index is 2.48. The zero-order chi connectivity index (χ0) is 14.3. The van der Waals surface area contributed by atoms with Crippen molar-refractivity contribution in [2.45, 2.75) is 39.7 Å². The van der Waals surface area contributed by atoms with E-state index in [0.717, 1.165) is 25.1 Å². The molecule has 1 rings (SSSR count). The van der Waals surface area contributed by atoms with Gasteiger partial charge in [0.15, 0.2) is 0 Å². The highest BCUT2D eigenvalue weighted by molar-refractivity contribution is 6.01. The molecule has 5 nitrogen and oxygen atoms in total. The van der Waals surface area contributed by atoms with Crippen LogP contribution < -0.4 is 0 Å². The molecule has 5 heteroatoms. The molecule has 106 valence electrons. The van der Waals surface area contributed by atoms with Crippen molar-refractivity contribution < 1.29 is 14.7 Å². The fourth-order valence-corrected chi connectivity index (χ4v) is 2.06. The van der Waals surface area contributed by atoms with E-state index in [0.29, 0.717) is 6.61 Å². The Kier molecular flexibility index (Phi) is 6.37. The zero-order valence-corrected chi connectivity index (χ0v) is 11.8. The van der Waals surface area contributed by atoms with Crippen LogP contribution in [-0.2, 0) is 9.63 Å². The molecule has 0 radical (unpaired) electrons. The predicted octanol–water partition coefficient (Wildman–Crippen LogP) is 1.59. The SMILES string of the molecule is CC#C/C(=N\OC[C@H]1CCCN1CC(=O)O)C(C)C. The van der Waals surface area contributed by atoms with E-state index in [4.69, 9.17) is 9.94 Å². The van der Waals surface area contributed by atoms with Crippen LogP contribution in [0.3, 0.4) is 0 Å². The average Bonchev–Trinajstić information content (AvgIpc) is 2.74. The Morgan fingerprint density at radius 1 is 1.58 bits per heavy atom. The van der Waals surface area contributed by atoms with E-state index < -0.39 is 5.97 Å². The fraction of sp³-hybridized carbons (Fsp3) is 0.714. The van der Waals surface area contributed by atoms with Crippen molar-refractivity contribution in [1.82, 2.24) is 4.90 Å². The van der Waals surface area contributed by atoms with Crippen LogP contribution in [-0.4, -0.2) is 47.4 Å². The molecule has 0 aromatic carbocycles. The lowest BCUT2D eigenvalue weighted by Gasteiger charge is -2.21. The number of carboxylic acid groups (broad SMARTS) is 1. The largest absolute Gasteiger partial charge is 0.480 e. The van der Waals surface area contributed by atoms with Gasteiger partial charge in [-0.25, -0.2) is 0 Å². The van der Waals surface area contributed by atoms with Gasteiger partial charge in [-0.2, -0.15) is 0 Å². The molecule has 1 aliphatic rings. The number of oxime groups is 1. The van der Waals surface area contributed by atoms with Gasteiger partial charge in [0.1, 0.15) is 12.3 Å². The van der Waals surface area contributed by atoms with E-state index in [9.17, 15) is 4.79 Å². The van der Waals surface area contributed by atoms with E-state index in [-0.39, 0.29) is 18.5 Å². The number of aliphatic carboxylic acids is 1. The van der Waals surface area contributed by atoms with Crippen LogP contribution in [0.1, 0.15) is 33.6 Å². The molecule has 1 N–H and O–H groups in total. The van der Waals surface area contributed by atoms with E-state index in [1.165, 1.54) is 0 Å². The lowest BCUT2D eigenvalue weighted by atomic mass is 10.1. The second-order valence-electron chi connectivity index (χ2n) is 4.96. The van der Waals surface area contributed by atoms with Gasteiger partial charge in [0.05, 0.1) is 6.54 Å². The van der Waals surface area contributed by atoms with E-state index in [2.05, 4.69) is 17.0 Å². The minimum absolute atomic E-state index is 0.0730. The molecule has 0 spiro atoms. The number of carboxylic acids is 1. The summed E-state index contributed by atoms with van der Waals surface area (Å²) in [5, 5.41) is 12.9. The summed E-state index contributed by atoms with van der Waals surface area (Å²) in [6.45, 7) is 7.11. The van der Waals surface area contributed by atoms with Crippen molar-refractivity contribution in [2.24, 2.45) is 11.1 Å². The van der Waals surface area contributed by atoms with Crippen LogP contribution in [0.2, 0.25) is 0 Å². The van der Waals surface area contributed by atoms with Crippen molar-refractivity contribution in [3.05, 3.63) is 0 Å². The number of likely N-dealkylation sites (tertiary alicyclic amines) is 1. The van der Waals surface area contributed by atoms with Gasteiger partial charge in [0, 0.05) is 12.0 Å². The Labute approximate surface area is 114 Å². The molecule has 0 unspecified atom stereocenters. The number of carbonyl (C=O) groups is 1. The average molecular weight is 266 g/mol. The lowest BCUT2D eigenvalue weighted by molar-refractivity contribution is -0.138. The fourth-order valence-electron chi connectivity index (χ4n) is 2.06. The topological polar surface area (TPSA) is 62.1 Å². The molecular weight excluding hydrogens is 244 g/mol. The third kappa shape index (κ3) is 5.31. The van der Waals surface area contributed by atoms with E-state index >= 15 is 0 Å². The summed E-state index contributed by atoms with van der Waals surface area (Å²) in [4.78, 5) is 18.0. The second-order valence-corrected chi connectivity index (χ2v) is 4.96. The molecule has 0 aliphatic carbocycles. The molecule has 0 amide bonds. The summed E-state index contributed by atoms with van der Waals surface area (Å²) in [5.41, 5.74) is 0.727. The molecule has 1 fully saturated rings. The second kappa shape index (κ2) is 7.80. The molecule has 0 aromatic heterocycles. The Bertz CT molecular complexity index is 393. The van der Waals surface area contributed by atoms with Crippen LogP contribution >= 0.6 is 0 Å². The maximum atomic E-state index is 10.7. The maximum Gasteiger partial charge on any atom is 0.317 e. The van der Waals surface area contributed by atoms with E-state index in [1.807, 2.05) is 18.7 Å². The van der Waals surface area contributed by atoms with Crippen molar-refractivity contribution in [2.75, 3.05) is 19.7 Å². The molecule has 1 saturated heterocycles. The maximum absolute atomic E-state index is 10.7. The van der Waals surface area contributed by atoms with Crippen LogP contribution in [0.5, 0.6) is 0 Å². The number of rotatable bonds is 6. The highest BCUT2D eigenvalue weighted by atomic mass is 16.6. The Morgan fingerprint density at radius 2 is 2.32 bits per heavy atom. The molecule has 0 saturated carbocycles. The lowest BCUT2D eigenvalue weighted by Crippen LogP contribution is -2.36. The summed E-state index contributed by atoms with van der Waals surface area (Å²) >= 11 is 0. The Hall–Kier alpha value is -1.54. The summed E-state index contributed by atoms with van der Waals surface area (Å²) < 4.78 is 0. The summed E-state index contributed by atoms with van der Waals surface area (Å²) in [7, 11) is 0. The van der Waals surface area contributed by atoms with Crippen molar-refractivity contribution in [3.8, 4) is 11.8 Å². The monoisotopic (exact) mass is 266 g/mol. The van der Waals surface area contributed by atoms with Crippen molar-refractivity contribution >= 4 is 11.7 Å². The van der Waals surface area contributed by atoms with Gasteiger partial charge >= 0.3 is 5.97 Å². The first kappa shape index (κ1) is 15.5. The van der Waals surface area contributed by atoms with Crippen molar-refractivity contribution in [3.63, 3.8) is 0 Å². The third-order valence-electron chi connectivity index (χ3n) is 3.07. The van der Waals surface area contributed by atoms with Gasteiger partial charge in [-0.05, 0) is 32.2 Å². The van der Waals surface area contributed by atoms with Crippen LogP contribution in [0.25, 0.3) is 0 Å². The highest BCUT2D eigenvalue weighted by Gasteiger charge is 2.26. The van der Waals surface area contributed by atoms with Gasteiger partial charge < -0.3 is 9.94 Å². The third-order valence-corrected chi connectivity index (χ3v) is 3.07. The van der Waals surface area contributed by atoms with Crippen LogP contribution in [0, 0.1) is 17.8 Å². The summed E-state index contributed by atoms with van der Waals surface area (Å²) in [5.74, 6) is 5.16. The Morgan fingerprint density at radius 3 is 2.89 bits per heavy atom. The minimum Gasteiger partial charge on any atom is -0.480 e. The summed E-state index contributed by atoms with van der Waals surface area (Å²) in [6, 6.07) is 0.142. The van der Waals surface area contributed by atoms with Gasteiger partial charge in [0.2, 0.25) is 0 Å². The zero-order valence-electron chi connectivity index (χ0n) is 11.8. The molecule has 19 heavy (non-hydrogen) atoms. The quantitative estimate of drug-likeness (QED) is 0.450. The van der Waals surface area contributed by atoms with Crippen LogP contribution in [0.4, 0.5) is 0 Å². The van der Waals surface area contributed by atoms with Gasteiger partial charge in [0.25, 0.3) is 0 Å². The smallest absolute Gasteiger partial charge is 0.317 e. The normalized spacial score (nSPS) is 20.2. The predicted molar refractivity (Wildman–Crippen MR) is 73.9 cm³/mol. The van der Waals surface area contributed by atoms with Crippen molar-refractivity contribution in [1.29, 1.82) is 0 Å². The molecule has 1 aliphatic heterocycles. The van der Waals surface area contributed by atoms with Gasteiger partial charge in [-0.15, -0.1) is 0 Å². The molecular formula is C14H22N2O3. The first-order valence-electron chi connectivity index (χ1n) is 6.63. The van der Waals surface area contributed by atoms with Crippen LogP contribution in [0.15, 0.2) is 5.16 Å². The first-order chi connectivity index (χ1) is 9.04. The van der Waals surface area contributed by atoms with Gasteiger partial charge in [-0.3, -0.25) is 9.69 Å².